The van der Waals surface area contributed by atoms with Gasteiger partial charge in [-0.3, -0.25) is 0 Å². The summed E-state index contributed by atoms with van der Waals surface area (Å²) < 4.78 is 41.6. The predicted octanol–water partition coefficient (Wildman–Crippen LogP) is 5.99. The van der Waals surface area contributed by atoms with Crippen LogP contribution in [0.2, 0.25) is 0 Å². The maximum Gasteiger partial charge on any atom is 0.513 e. The van der Waals surface area contributed by atoms with E-state index in [-0.39, 0.29) is 37.9 Å². The zero-order valence-corrected chi connectivity index (χ0v) is 27.1. The Balaban J connectivity index is 1.90. The molecule has 0 saturated heterocycles. The van der Waals surface area contributed by atoms with Crippen molar-refractivity contribution in [2.75, 3.05) is 39.6 Å². The monoisotopic (exact) mass is 668 g/mol. The Morgan fingerprint density at radius 2 is 0.958 bits per heavy atom. The molecule has 0 aromatic heterocycles. The molecule has 14 heteroatoms. The fraction of sp³-hybridized carbons (Fsp3) is 0.353. The standard InChI is InChI=1S/C34H40N2O12/c1-5-31(37)43-17-9-11-19-45-33(39)47-27-15-13-25(21-29(27)41-7-3)23-35-36-24-26-14-16-28(30(22-26)42-8-4)48-34(40)46-20-12-10-18-44-32(38)6-2/h5-6,13-16,21-24H,1-2,7-12,17-20H2,3-4H3. The van der Waals surface area contributed by atoms with Crippen LogP contribution in [-0.4, -0.2) is 76.3 Å². The molecule has 0 spiro atoms. The summed E-state index contributed by atoms with van der Waals surface area (Å²) in [6, 6.07) is 9.68. The van der Waals surface area contributed by atoms with Gasteiger partial charge in [0.1, 0.15) is 0 Å². The van der Waals surface area contributed by atoms with Gasteiger partial charge >= 0.3 is 24.2 Å². The summed E-state index contributed by atoms with van der Waals surface area (Å²) in [5.74, 6) is -0.0604. The highest BCUT2D eigenvalue weighted by molar-refractivity contribution is 5.84. The highest BCUT2D eigenvalue weighted by atomic mass is 16.7. The zero-order chi connectivity index (χ0) is 35.0. The molecule has 0 aliphatic carbocycles. The molecule has 2 rings (SSSR count). The summed E-state index contributed by atoms with van der Waals surface area (Å²) in [7, 11) is 0. The molecule has 0 aliphatic heterocycles. The van der Waals surface area contributed by atoms with E-state index in [0.717, 1.165) is 12.2 Å². The highest BCUT2D eigenvalue weighted by Crippen LogP contribution is 2.29. The summed E-state index contributed by atoms with van der Waals surface area (Å²) in [5, 5.41) is 8.13. The average Bonchev–Trinajstić information content (AvgIpc) is 3.08. The van der Waals surface area contributed by atoms with Crippen LogP contribution in [0, 0.1) is 0 Å². The minimum atomic E-state index is -0.898. The minimum Gasteiger partial charge on any atom is -0.490 e. The van der Waals surface area contributed by atoms with Crippen molar-refractivity contribution in [1.29, 1.82) is 0 Å². The minimum absolute atomic E-state index is 0.0880. The van der Waals surface area contributed by atoms with Gasteiger partial charge in [0.05, 0.1) is 52.1 Å². The molecule has 0 radical (unpaired) electrons. The Morgan fingerprint density at radius 3 is 1.31 bits per heavy atom. The van der Waals surface area contributed by atoms with Crippen LogP contribution in [0.5, 0.6) is 23.0 Å². The van der Waals surface area contributed by atoms with E-state index in [2.05, 4.69) is 23.4 Å². The number of carbonyl (C=O) groups is 4. The lowest BCUT2D eigenvalue weighted by Gasteiger charge is -2.11. The molecule has 0 fully saturated rings. The van der Waals surface area contributed by atoms with Gasteiger partial charge in [0, 0.05) is 12.2 Å². The van der Waals surface area contributed by atoms with Crippen molar-refractivity contribution in [2.24, 2.45) is 10.2 Å². The second kappa shape index (κ2) is 22.8. The number of benzene rings is 2. The van der Waals surface area contributed by atoms with E-state index in [9.17, 15) is 19.2 Å². The van der Waals surface area contributed by atoms with E-state index in [1.807, 2.05) is 0 Å². The van der Waals surface area contributed by atoms with Crippen molar-refractivity contribution < 1.29 is 57.1 Å². The fourth-order valence-electron chi connectivity index (χ4n) is 3.54. The molecule has 0 N–H and O–H groups in total. The van der Waals surface area contributed by atoms with E-state index in [1.54, 1.807) is 50.2 Å². The Hall–Kier alpha value is -5.66. The zero-order valence-electron chi connectivity index (χ0n) is 27.1. The van der Waals surface area contributed by atoms with E-state index in [1.165, 1.54) is 12.4 Å². The molecule has 48 heavy (non-hydrogen) atoms. The van der Waals surface area contributed by atoms with E-state index < -0.39 is 24.2 Å². The van der Waals surface area contributed by atoms with Crippen molar-refractivity contribution in [2.45, 2.75) is 39.5 Å². The second-order valence-corrected chi connectivity index (χ2v) is 9.33. The number of nitrogens with zero attached hydrogens (tertiary/aromatic N) is 2. The molecule has 2 aromatic rings. The Morgan fingerprint density at radius 1 is 0.583 bits per heavy atom. The van der Waals surface area contributed by atoms with Gasteiger partial charge in [0.15, 0.2) is 23.0 Å². The summed E-state index contributed by atoms with van der Waals surface area (Å²) in [6.07, 6.45) is 5.32. The van der Waals surface area contributed by atoms with E-state index in [0.29, 0.717) is 61.5 Å². The molecule has 14 nitrogen and oxygen atoms in total. The first kappa shape index (κ1) is 38.5. The summed E-state index contributed by atoms with van der Waals surface area (Å²) in [6.45, 7) is 11.4. The molecular formula is C34H40N2O12. The maximum absolute atomic E-state index is 12.1. The van der Waals surface area contributed by atoms with Gasteiger partial charge in [-0.25, -0.2) is 19.2 Å². The van der Waals surface area contributed by atoms with Gasteiger partial charge < -0.3 is 37.9 Å². The Bertz CT molecular complexity index is 1330. The van der Waals surface area contributed by atoms with Crippen LogP contribution in [0.15, 0.2) is 71.9 Å². The lowest BCUT2D eigenvalue weighted by atomic mass is 10.2. The van der Waals surface area contributed by atoms with Crippen molar-refractivity contribution in [1.82, 2.24) is 0 Å². The fourth-order valence-corrected chi connectivity index (χ4v) is 3.54. The van der Waals surface area contributed by atoms with Gasteiger partial charge in [-0.05, 0) is 87.1 Å². The molecule has 0 heterocycles. The summed E-state index contributed by atoms with van der Waals surface area (Å²) in [4.78, 5) is 46.3. The summed E-state index contributed by atoms with van der Waals surface area (Å²) >= 11 is 0. The number of hydrogen-bond donors (Lipinski definition) is 0. The third-order valence-electron chi connectivity index (χ3n) is 5.74. The molecule has 0 bridgehead atoms. The molecule has 0 unspecified atom stereocenters. The number of unbranched alkanes of at least 4 members (excludes halogenated alkanes) is 2. The maximum atomic E-state index is 12.1. The first-order valence-electron chi connectivity index (χ1n) is 15.2. The molecule has 0 aliphatic rings. The van der Waals surface area contributed by atoms with Gasteiger partial charge in [-0.15, -0.1) is 0 Å². The average molecular weight is 669 g/mol. The van der Waals surface area contributed by atoms with Gasteiger partial charge in [0.25, 0.3) is 0 Å². The lowest BCUT2D eigenvalue weighted by Crippen LogP contribution is -2.13. The number of rotatable bonds is 21. The van der Waals surface area contributed by atoms with Crippen molar-refractivity contribution in [3.05, 3.63) is 72.8 Å². The van der Waals surface area contributed by atoms with Gasteiger partial charge in [0.2, 0.25) is 0 Å². The highest BCUT2D eigenvalue weighted by Gasteiger charge is 2.14. The number of hydrogen-bond acceptors (Lipinski definition) is 14. The molecule has 258 valence electrons. The quantitative estimate of drug-likeness (QED) is 0.0291. The molecule has 0 saturated carbocycles. The van der Waals surface area contributed by atoms with Crippen LogP contribution in [-0.2, 0) is 28.5 Å². The van der Waals surface area contributed by atoms with E-state index in [4.69, 9.17) is 37.9 Å². The largest absolute Gasteiger partial charge is 0.513 e. The molecule has 0 atom stereocenters. The lowest BCUT2D eigenvalue weighted by molar-refractivity contribution is -0.138. The van der Waals surface area contributed by atoms with Crippen LogP contribution in [0.4, 0.5) is 9.59 Å². The van der Waals surface area contributed by atoms with Gasteiger partial charge in [-0.2, -0.15) is 10.2 Å². The Labute approximate surface area is 278 Å². The van der Waals surface area contributed by atoms with Crippen molar-refractivity contribution in [3.63, 3.8) is 0 Å². The van der Waals surface area contributed by atoms with Crippen molar-refractivity contribution in [3.8, 4) is 23.0 Å². The van der Waals surface area contributed by atoms with Crippen LogP contribution < -0.4 is 18.9 Å². The van der Waals surface area contributed by atoms with Gasteiger partial charge in [-0.1, -0.05) is 13.2 Å². The topological polar surface area (TPSA) is 167 Å². The predicted molar refractivity (Wildman–Crippen MR) is 175 cm³/mol. The third-order valence-corrected chi connectivity index (χ3v) is 5.74. The first-order valence-corrected chi connectivity index (χ1v) is 15.2. The Kier molecular flexibility index (Phi) is 18.3. The first-order chi connectivity index (χ1) is 23.3. The van der Waals surface area contributed by atoms with Crippen LogP contribution in [0.3, 0.4) is 0 Å². The van der Waals surface area contributed by atoms with Crippen LogP contribution in [0.1, 0.15) is 50.7 Å². The number of esters is 2. The molecule has 0 amide bonds. The van der Waals surface area contributed by atoms with E-state index >= 15 is 0 Å². The van der Waals surface area contributed by atoms with Crippen molar-refractivity contribution >= 4 is 36.7 Å². The normalized spacial score (nSPS) is 10.6. The third kappa shape index (κ3) is 15.6. The second-order valence-electron chi connectivity index (χ2n) is 9.33. The van der Waals surface area contributed by atoms with Crippen LogP contribution >= 0.6 is 0 Å². The smallest absolute Gasteiger partial charge is 0.490 e. The number of ether oxygens (including phenoxy) is 8. The molecular weight excluding hydrogens is 628 g/mol. The van der Waals surface area contributed by atoms with Crippen LogP contribution in [0.25, 0.3) is 0 Å². The number of carbonyl (C=O) groups excluding carboxylic acids is 4. The summed E-state index contributed by atoms with van der Waals surface area (Å²) in [5.41, 5.74) is 1.25. The molecule has 2 aromatic carbocycles. The SMILES string of the molecule is C=CC(=O)OCCCCOC(=O)Oc1ccc(C=NN=Cc2ccc(OC(=O)OCCCCOC(=O)C=C)c(OCC)c2)cc1OCC.